The van der Waals surface area contributed by atoms with E-state index in [0.717, 1.165) is 66.1 Å². The first kappa shape index (κ1) is 30.4. The number of anilines is 2. The average molecular weight is 609 g/mol. The number of pyridine rings is 2. The van der Waals surface area contributed by atoms with Gasteiger partial charge in [0.1, 0.15) is 23.2 Å². The van der Waals surface area contributed by atoms with E-state index < -0.39 is 0 Å². The molecule has 0 saturated carbocycles. The van der Waals surface area contributed by atoms with Crippen LogP contribution < -0.4 is 11.1 Å². The second-order valence-corrected chi connectivity index (χ2v) is 10.9. The number of hydrogen-bond donors (Lipinski definition) is 2. The Morgan fingerprint density at radius 3 is 2.41 bits per heavy atom. The van der Waals surface area contributed by atoms with Gasteiger partial charge in [-0.1, -0.05) is 56.3 Å². The summed E-state index contributed by atoms with van der Waals surface area (Å²) in [5, 5.41) is 12.5. The maximum Gasteiger partial charge on any atom is 0.165 e. The average Bonchev–Trinajstić information content (AvgIpc) is 3.49. The molecule has 6 aromatic rings. The van der Waals surface area contributed by atoms with Crippen molar-refractivity contribution >= 4 is 22.8 Å². The molecule has 10 heteroatoms. The van der Waals surface area contributed by atoms with E-state index in [4.69, 9.17) is 21.0 Å². The summed E-state index contributed by atoms with van der Waals surface area (Å²) in [6, 6.07) is 28.9. The molecule has 7 rings (SSSR count). The Kier molecular flexibility index (Phi) is 9.22. The third-order valence-electron chi connectivity index (χ3n) is 7.94. The molecule has 1 aliphatic heterocycles. The van der Waals surface area contributed by atoms with Crippen LogP contribution in [0.1, 0.15) is 37.9 Å². The van der Waals surface area contributed by atoms with Crippen molar-refractivity contribution in [3.8, 4) is 34.4 Å². The van der Waals surface area contributed by atoms with Crippen LogP contribution >= 0.6 is 0 Å². The van der Waals surface area contributed by atoms with Crippen LogP contribution in [0.2, 0.25) is 0 Å². The van der Waals surface area contributed by atoms with E-state index in [1.165, 1.54) is 11.8 Å². The third-order valence-corrected chi connectivity index (χ3v) is 7.94. The summed E-state index contributed by atoms with van der Waals surface area (Å²) >= 11 is 0. The first-order chi connectivity index (χ1) is 22.6. The Labute approximate surface area is 268 Å². The summed E-state index contributed by atoms with van der Waals surface area (Å²) < 4.78 is 2.07. The van der Waals surface area contributed by atoms with Gasteiger partial charge in [0, 0.05) is 43.1 Å². The fourth-order valence-corrected chi connectivity index (χ4v) is 5.70. The lowest BCUT2D eigenvalue weighted by Gasteiger charge is -2.32. The molecule has 1 saturated heterocycles. The maximum atomic E-state index is 9.09. The molecule has 0 spiro atoms. The van der Waals surface area contributed by atoms with Crippen LogP contribution in [0.3, 0.4) is 0 Å². The minimum absolute atomic E-state index is 0.304. The van der Waals surface area contributed by atoms with Crippen LogP contribution in [0.25, 0.3) is 39.5 Å². The van der Waals surface area contributed by atoms with E-state index in [-0.39, 0.29) is 0 Å². The fraction of sp³-hybridized carbons (Fsp3) is 0.222. The molecule has 0 aliphatic carbocycles. The molecular formula is C36H36N10. The Morgan fingerprint density at radius 2 is 1.67 bits per heavy atom. The highest BCUT2D eigenvalue weighted by molar-refractivity contribution is 5.84. The first-order valence-corrected chi connectivity index (χ1v) is 15.6. The summed E-state index contributed by atoms with van der Waals surface area (Å²) in [6.45, 7) is 6.79. The molecule has 5 heterocycles. The van der Waals surface area contributed by atoms with Crippen molar-refractivity contribution in [1.82, 2.24) is 34.4 Å². The summed E-state index contributed by atoms with van der Waals surface area (Å²) in [5.41, 5.74) is 13.1. The van der Waals surface area contributed by atoms with E-state index >= 15 is 0 Å². The SMILES string of the molecule is CC.N#Cc1cncc(NC2CCN(Cc3ccc(-n4c(-c5cccnc5N)nc5ccc(-c6ccccc6)nc54)cc3)CC2)n1. The number of benzene rings is 2. The molecule has 1 aliphatic rings. The predicted molar refractivity (Wildman–Crippen MR) is 182 cm³/mol. The van der Waals surface area contributed by atoms with E-state index in [2.05, 4.69) is 66.1 Å². The Balaban J connectivity index is 0.00000182. The van der Waals surface area contributed by atoms with Crippen molar-refractivity contribution in [1.29, 1.82) is 5.26 Å². The molecule has 0 unspecified atom stereocenters. The van der Waals surface area contributed by atoms with Crippen LogP contribution in [0.5, 0.6) is 0 Å². The lowest BCUT2D eigenvalue weighted by Crippen LogP contribution is -2.38. The van der Waals surface area contributed by atoms with Crippen molar-refractivity contribution in [2.45, 2.75) is 39.3 Å². The number of fused-ring (bicyclic) bond motifs is 1. The molecule has 4 aromatic heterocycles. The van der Waals surface area contributed by atoms with Crippen LogP contribution in [0.4, 0.5) is 11.6 Å². The molecule has 3 N–H and O–H groups in total. The van der Waals surface area contributed by atoms with Crippen molar-refractivity contribution in [2.24, 2.45) is 0 Å². The molecule has 10 nitrogen and oxygen atoms in total. The predicted octanol–water partition coefficient (Wildman–Crippen LogP) is 6.50. The molecule has 2 aromatic carbocycles. The summed E-state index contributed by atoms with van der Waals surface area (Å²) in [7, 11) is 0. The highest BCUT2D eigenvalue weighted by atomic mass is 15.2. The van der Waals surface area contributed by atoms with Crippen molar-refractivity contribution in [3.63, 3.8) is 0 Å². The van der Waals surface area contributed by atoms with Gasteiger partial charge in [-0.15, -0.1) is 0 Å². The molecule has 0 bridgehead atoms. The van der Waals surface area contributed by atoms with E-state index in [0.29, 0.717) is 29.2 Å². The lowest BCUT2D eigenvalue weighted by atomic mass is 10.0. The number of nitrogens with one attached hydrogen (secondary N) is 1. The van der Waals surface area contributed by atoms with Crippen LogP contribution in [-0.4, -0.2) is 53.5 Å². The number of nitriles is 1. The Hall–Kier alpha value is -5.66. The molecule has 0 radical (unpaired) electrons. The van der Waals surface area contributed by atoms with Gasteiger partial charge in [0.15, 0.2) is 17.2 Å². The summed E-state index contributed by atoms with van der Waals surface area (Å²) in [5.74, 6) is 1.78. The van der Waals surface area contributed by atoms with Gasteiger partial charge >= 0.3 is 0 Å². The molecular weight excluding hydrogens is 572 g/mol. The number of likely N-dealkylation sites (tertiary alicyclic amines) is 1. The highest BCUT2D eigenvalue weighted by Gasteiger charge is 2.21. The summed E-state index contributed by atoms with van der Waals surface area (Å²) in [4.78, 5) is 25.2. The van der Waals surface area contributed by atoms with E-state index in [9.17, 15) is 0 Å². The fourth-order valence-electron chi connectivity index (χ4n) is 5.70. The number of nitrogen functional groups attached to an aromatic ring is 1. The number of piperidine rings is 1. The van der Waals surface area contributed by atoms with Gasteiger partial charge in [0.25, 0.3) is 0 Å². The van der Waals surface area contributed by atoms with Gasteiger partial charge in [-0.3, -0.25) is 14.5 Å². The minimum atomic E-state index is 0.304. The molecule has 0 atom stereocenters. The lowest BCUT2D eigenvalue weighted by molar-refractivity contribution is 0.211. The van der Waals surface area contributed by atoms with E-state index in [1.54, 1.807) is 12.4 Å². The molecule has 0 amide bonds. The monoisotopic (exact) mass is 608 g/mol. The van der Waals surface area contributed by atoms with Crippen molar-refractivity contribution < 1.29 is 0 Å². The van der Waals surface area contributed by atoms with Gasteiger partial charge in [-0.2, -0.15) is 5.26 Å². The molecule has 46 heavy (non-hydrogen) atoms. The van der Waals surface area contributed by atoms with Gasteiger partial charge in [-0.05, 0) is 54.8 Å². The van der Waals surface area contributed by atoms with Crippen molar-refractivity contribution in [2.75, 3.05) is 24.1 Å². The molecule has 230 valence electrons. The highest BCUT2D eigenvalue weighted by Crippen LogP contribution is 2.32. The third kappa shape index (κ3) is 6.55. The second kappa shape index (κ2) is 14.0. The van der Waals surface area contributed by atoms with Gasteiger partial charge in [0.2, 0.25) is 0 Å². The topological polar surface area (TPSA) is 134 Å². The standard InChI is InChI=1S/C34H30N10.C2H6/c35-19-26-20-37-21-31(40-26)39-25-14-17-43(18-15-25)22-23-8-10-27(11-9-23)44-33(28-7-4-16-38-32(28)36)42-30-13-12-29(41-34(30)44)24-5-2-1-3-6-24;1-2/h1-13,16,20-21,25H,14-15,17-18,22H2,(H2,36,38)(H,39,40);1-2H3. The second-order valence-electron chi connectivity index (χ2n) is 10.9. The number of rotatable bonds is 7. The number of aromatic nitrogens is 6. The number of nitrogens with two attached hydrogens (primary N) is 1. The van der Waals surface area contributed by atoms with Gasteiger partial charge < -0.3 is 11.1 Å². The van der Waals surface area contributed by atoms with Crippen LogP contribution in [0.15, 0.2) is 97.5 Å². The quantitative estimate of drug-likeness (QED) is 0.208. The number of hydrogen-bond acceptors (Lipinski definition) is 9. The van der Waals surface area contributed by atoms with Crippen LogP contribution in [0, 0.1) is 11.3 Å². The van der Waals surface area contributed by atoms with Crippen LogP contribution in [-0.2, 0) is 6.54 Å². The Bertz CT molecular complexity index is 1950. The largest absolute Gasteiger partial charge is 0.383 e. The van der Waals surface area contributed by atoms with Gasteiger partial charge in [-0.25, -0.2) is 19.9 Å². The zero-order chi connectivity index (χ0) is 31.9. The smallest absolute Gasteiger partial charge is 0.165 e. The zero-order valence-electron chi connectivity index (χ0n) is 26.0. The Morgan fingerprint density at radius 1 is 0.891 bits per heavy atom. The zero-order valence-corrected chi connectivity index (χ0v) is 26.0. The number of nitrogens with zero attached hydrogens (tertiary/aromatic N) is 8. The van der Waals surface area contributed by atoms with Crippen molar-refractivity contribution in [3.05, 3.63) is 109 Å². The molecule has 1 fully saturated rings. The number of imidazole rings is 1. The summed E-state index contributed by atoms with van der Waals surface area (Å²) in [6.07, 6.45) is 6.81. The normalized spacial score (nSPS) is 13.5. The maximum absolute atomic E-state index is 9.09. The first-order valence-electron chi connectivity index (χ1n) is 15.6. The van der Waals surface area contributed by atoms with Gasteiger partial charge in [0.05, 0.1) is 23.7 Å². The van der Waals surface area contributed by atoms with E-state index in [1.807, 2.05) is 62.4 Å². The minimum Gasteiger partial charge on any atom is -0.383 e.